The molecule has 1 rings (SSSR count). The van der Waals surface area contributed by atoms with Crippen molar-refractivity contribution in [2.75, 3.05) is 0 Å². The average Bonchev–Trinajstić information content (AvgIpc) is 2.35. The van der Waals surface area contributed by atoms with Crippen molar-refractivity contribution in [3.05, 3.63) is 36.1 Å². The van der Waals surface area contributed by atoms with Crippen molar-refractivity contribution in [2.45, 2.75) is 51.6 Å². The number of nitrogens with two attached hydrogens (primary N) is 1. The molecule has 1 fully saturated rings. The summed E-state index contributed by atoms with van der Waals surface area (Å²) < 4.78 is 6.24. The van der Waals surface area contributed by atoms with Gasteiger partial charge in [-0.25, -0.2) is 0 Å². The minimum absolute atomic E-state index is 0.206. The van der Waals surface area contributed by atoms with Gasteiger partial charge in [0.15, 0.2) is 0 Å². The van der Waals surface area contributed by atoms with Crippen LogP contribution in [0.3, 0.4) is 0 Å². The van der Waals surface area contributed by atoms with Crippen LogP contribution < -0.4 is 5.73 Å². The van der Waals surface area contributed by atoms with E-state index in [4.69, 9.17) is 10.5 Å². The second kappa shape index (κ2) is 6.84. The predicted octanol–water partition coefficient (Wildman–Crippen LogP) is 2.59. The normalized spacial score (nSPS) is 33.8. The lowest BCUT2D eigenvalue weighted by Crippen LogP contribution is -2.41. The van der Waals surface area contributed by atoms with E-state index in [1.54, 1.807) is 0 Å². The SMILES string of the molecule is BC1CC(C(=C)N)C(CC)OC1/C(C)=C/C=C\C. The van der Waals surface area contributed by atoms with E-state index in [-0.39, 0.29) is 12.2 Å². The van der Waals surface area contributed by atoms with Gasteiger partial charge in [0.1, 0.15) is 7.85 Å². The van der Waals surface area contributed by atoms with Gasteiger partial charge in [0.25, 0.3) is 0 Å². The Hall–Kier alpha value is -0.955. The first-order chi connectivity index (χ1) is 8.51. The van der Waals surface area contributed by atoms with Crippen LogP contribution >= 0.6 is 0 Å². The quantitative estimate of drug-likeness (QED) is 0.612. The van der Waals surface area contributed by atoms with Gasteiger partial charge in [-0.2, -0.15) is 0 Å². The summed E-state index contributed by atoms with van der Waals surface area (Å²) in [5, 5.41) is 0. The molecule has 0 radical (unpaired) electrons. The van der Waals surface area contributed by atoms with Gasteiger partial charge in [-0.05, 0) is 38.1 Å². The van der Waals surface area contributed by atoms with Crippen molar-refractivity contribution >= 4 is 7.85 Å². The molecule has 4 atom stereocenters. The van der Waals surface area contributed by atoms with Gasteiger partial charge in [0.2, 0.25) is 0 Å². The lowest BCUT2D eigenvalue weighted by Gasteiger charge is -2.41. The topological polar surface area (TPSA) is 35.2 Å². The van der Waals surface area contributed by atoms with Gasteiger partial charge in [0, 0.05) is 11.6 Å². The highest BCUT2D eigenvalue weighted by Crippen LogP contribution is 2.38. The molecule has 0 aliphatic carbocycles. The van der Waals surface area contributed by atoms with Crippen LogP contribution in [-0.2, 0) is 4.74 Å². The molecule has 1 saturated heterocycles. The first kappa shape index (κ1) is 15.1. The molecule has 0 aromatic rings. The van der Waals surface area contributed by atoms with Crippen molar-refractivity contribution in [1.29, 1.82) is 0 Å². The molecule has 2 nitrogen and oxygen atoms in total. The van der Waals surface area contributed by atoms with E-state index < -0.39 is 0 Å². The highest BCUT2D eigenvalue weighted by Gasteiger charge is 2.35. The van der Waals surface area contributed by atoms with Crippen LogP contribution in [0.1, 0.15) is 33.6 Å². The molecule has 1 aliphatic rings. The van der Waals surface area contributed by atoms with Gasteiger partial charge < -0.3 is 10.5 Å². The molecule has 2 N–H and O–H groups in total. The highest BCUT2D eigenvalue weighted by molar-refractivity contribution is 6.12. The third kappa shape index (κ3) is 3.52. The molecule has 0 bridgehead atoms. The average molecular weight is 247 g/mol. The third-order valence-corrected chi connectivity index (χ3v) is 3.79. The molecule has 0 aromatic heterocycles. The summed E-state index contributed by atoms with van der Waals surface area (Å²) in [4.78, 5) is 0. The minimum atomic E-state index is 0.206. The molecule has 0 aromatic carbocycles. The summed E-state index contributed by atoms with van der Waals surface area (Å²) >= 11 is 0. The minimum Gasteiger partial charge on any atom is -0.402 e. The van der Waals surface area contributed by atoms with Crippen molar-refractivity contribution in [3.63, 3.8) is 0 Å². The molecular formula is C15H26BNO. The molecule has 3 heteroatoms. The monoisotopic (exact) mass is 247 g/mol. The molecule has 0 spiro atoms. The molecule has 4 unspecified atom stereocenters. The second-order valence-electron chi connectivity index (χ2n) is 5.33. The smallest absolute Gasteiger partial charge is 0.109 e. The van der Waals surface area contributed by atoms with E-state index in [2.05, 4.69) is 40.4 Å². The van der Waals surface area contributed by atoms with Crippen LogP contribution in [-0.4, -0.2) is 20.1 Å². The summed E-state index contributed by atoms with van der Waals surface area (Å²) in [7, 11) is 2.24. The van der Waals surface area contributed by atoms with Crippen molar-refractivity contribution in [1.82, 2.24) is 0 Å². The maximum absolute atomic E-state index is 6.24. The van der Waals surface area contributed by atoms with Crippen LogP contribution in [0.4, 0.5) is 0 Å². The fourth-order valence-electron chi connectivity index (χ4n) is 2.76. The fraction of sp³-hybridized carbons (Fsp3) is 0.600. The van der Waals surface area contributed by atoms with E-state index in [1.165, 1.54) is 5.57 Å². The Morgan fingerprint density at radius 2 is 2.22 bits per heavy atom. The zero-order valence-electron chi connectivity index (χ0n) is 12.1. The van der Waals surface area contributed by atoms with Gasteiger partial charge in [-0.3, -0.25) is 0 Å². The predicted molar refractivity (Wildman–Crippen MR) is 81.3 cm³/mol. The summed E-state index contributed by atoms with van der Waals surface area (Å²) in [5.41, 5.74) is 7.95. The van der Waals surface area contributed by atoms with E-state index in [0.717, 1.165) is 18.5 Å². The maximum atomic E-state index is 6.24. The zero-order valence-corrected chi connectivity index (χ0v) is 12.1. The van der Waals surface area contributed by atoms with Gasteiger partial charge >= 0.3 is 0 Å². The second-order valence-corrected chi connectivity index (χ2v) is 5.33. The lowest BCUT2D eigenvalue weighted by atomic mass is 9.69. The molecule has 0 saturated carbocycles. The Kier molecular flexibility index (Phi) is 5.74. The van der Waals surface area contributed by atoms with Gasteiger partial charge in [0.05, 0.1) is 12.2 Å². The van der Waals surface area contributed by atoms with E-state index >= 15 is 0 Å². The molecule has 1 aliphatic heterocycles. The van der Waals surface area contributed by atoms with E-state index in [9.17, 15) is 0 Å². The molecule has 0 amide bonds. The zero-order chi connectivity index (χ0) is 13.7. The molecule has 100 valence electrons. The highest BCUT2D eigenvalue weighted by atomic mass is 16.5. The number of rotatable bonds is 4. The van der Waals surface area contributed by atoms with Crippen molar-refractivity contribution in [3.8, 4) is 0 Å². The summed E-state index contributed by atoms with van der Waals surface area (Å²) in [6.45, 7) is 10.2. The van der Waals surface area contributed by atoms with Crippen LogP contribution in [0, 0.1) is 5.92 Å². The first-order valence-electron chi connectivity index (χ1n) is 6.90. The van der Waals surface area contributed by atoms with Crippen molar-refractivity contribution < 1.29 is 4.74 Å². The number of hydrogen-bond acceptors (Lipinski definition) is 2. The fourth-order valence-corrected chi connectivity index (χ4v) is 2.76. The Morgan fingerprint density at radius 3 is 2.72 bits per heavy atom. The van der Waals surface area contributed by atoms with Crippen molar-refractivity contribution in [2.24, 2.45) is 11.7 Å². The van der Waals surface area contributed by atoms with Crippen LogP contribution in [0.15, 0.2) is 36.1 Å². The summed E-state index contributed by atoms with van der Waals surface area (Å²) in [6.07, 6.45) is 8.73. The number of ether oxygens (including phenoxy) is 1. The standard InChI is InChI=1S/C15H26BNO/c1-5-7-8-10(3)15-13(16)9-12(11(4)17)14(6-2)18-15/h5,7-8,12-15H,4,6,9,16-17H2,1-3H3/b7-5-,10-8+. The number of allylic oxidation sites excluding steroid dienone is 3. The van der Waals surface area contributed by atoms with Gasteiger partial charge in [-0.1, -0.05) is 31.7 Å². The molecule has 18 heavy (non-hydrogen) atoms. The maximum Gasteiger partial charge on any atom is 0.109 e. The van der Waals surface area contributed by atoms with E-state index in [0.29, 0.717) is 11.7 Å². The Balaban J connectivity index is 2.83. The van der Waals surface area contributed by atoms with Gasteiger partial charge in [-0.15, -0.1) is 0 Å². The first-order valence-corrected chi connectivity index (χ1v) is 6.90. The number of hydrogen-bond donors (Lipinski definition) is 1. The van der Waals surface area contributed by atoms with E-state index in [1.807, 2.05) is 13.0 Å². The largest absolute Gasteiger partial charge is 0.402 e. The molecule has 1 heterocycles. The Labute approximate surface area is 112 Å². The summed E-state index contributed by atoms with van der Waals surface area (Å²) in [6, 6.07) is 0. The Morgan fingerprint density at radius 1 is 1.56 bits per heavy atom. The molecular weight excluding hydrogens is 221 g/mol. The lowest BCUT2D eigenvalue weighted by molar-refractivity contribution is -0.0573. The van der Waals surface area contributed by atoms with Crippen LogP contribution in [0.2, 0.25) is 5.82 Å². The van der Waals surface area contributed by atoms with Crippen LogP contribution in [0.25, 0.3) is 0 Å². The van der Waals surface area contributed by atoms with Crippen LogP contribution in [0.5, 0.6) is 0 Å². The third-order valence-electron chi connectivity index (χ3n) is 3.79. The Bertz CT molecular complexity index is 348. The summed E-state index contributed by atoms with van der Waals surface area (Å²) in [5.74, 6) is 0.787.